The standard InChI is InChI=1S/C12H12ClN3O2/c1-8-15-11(16-18-8)6-12(17)14-7-9-4-2-3-5-10(9)13/h2-5H,6-7H2,1H3,(H,14,17). The number of nitrogens with zero attached hydrogens (tertiary/aromatic N) is 2. The van der Waals surface area contributed by atoms with Crippen LogP contribution < -0.4 is 5.32 Å². The maximum absolute atomic E-state index is 11.6. The highest BCUT2D eigenvalue weighted by Gasteiger charge is 2.09. The minimum absolute atomic E-state index is 0.0990. The fourth-order valence-corrected chi connectivity index (χ4v) is 1.66. The second-order valence-corrected chi connectivity index (χ2v) is 4.18. The van der Waals surface area contributed by atoms with Crippen molar-refractivity contribution in [3.63, 3.8) is 0 Å². The predicted octanol–water partition coefficient (Wildman–Crippen LogP) is 1.89. The topological polar surface area (TPSA) is 68.0 Å². The quantitative estimate of drug-likeness (QED) is 0.917. The number of amides is 1. The van der Waals surface area contributed by atoms with Crippen molar-refractivity contribution >= 4 is 17.5 Å². The van der Waals surface area contributed by atoms with Crippen molar-refractivity contribution in [1.29, 1.82) is 0 Å². The molecule has 2 aromatic rings. The molecule has 0 aliphatic rings. The summed E-state index contributed by atoms with van der Waals surface area (Å²) in [6.45, 7) is 2.06. The molecule has 0 unspecified atom stereocenters. The number of halogens is 1. The van der Waals surface area contributed by atoms with Crippen molar-refractivity contribution in [3.05, 3.63) is 46.6 Å². The Morgan fingerprint density at radius 1 is 1.44 bits per heavy atom. The van der Waals surface area contributed by atoms with E-state index in [1.54, 1.807) is 13.0 Å². The highest BCUT2D eigenvalue weighted by atomic mass is 35.5. The second kappa shape index (κ2) is 5.64. The van der Waals surface area contributed by atoms with Crippen LogP contribution in [0, 0.1) is 6.92 Å². The summed E-state index contributed by atoms with van der Waals surface area (Å²) in [5, 5.41) is 7.04. The Kier molecular flexibility index (Phi) is 3.94. The first-order valence-electron chi connectivity index (χ1n) is 5.44. The molecule has 0 fully saturated rings. The molecule has 1 aromatic carbocycles. The zero-order valence-electron chi connectivity index (χ0n) is 9.81. The van der Waals surface area contributed by atoms with Crippen LogP contribution in [-0.4, -0.2) is 16.0 Å². The van der Waals surface area contributed by atoms with E-state index in [0.717, 1.165) is 5.56 Å². The van der Waals surface area contributed by atoms with Crippen LogP contribution in [0.2, 0.25) is 5.02 Å². The summed E-state index contributed by atoms with van der Waals surface area (Å²) < 4.78 is 4.79. The number of carbonyl (C=O) groups excluding carboxylic acids is 1. The van der Waals surface area contributed by atoms with Crippen LogP contribution >= 0.6 is 11.6 Å². The summed E-state index contributed by atoms with van der Waals surface area (Å²) in [4.78, 5) is 15.6. The highest BCUT2D eigenvalue weighted by Crippen LogP contribution is 2.14. The smallest absolute Gasteiger partial charge is 0.228 e. The van der Waals surface area contributed by atoms with Crippen molar-refractivity contribution in [3.8, 4) is 0 Å². The molecule has 94 valence electrons. The van der Waals surface area contributed by atoms with E-state index < -0.39 is 0 Å². The monoisotopic (exact) mass is 265 g/mol. The Labute approximate surface area is 109 Å². The van der Waals surface area contributed by atoms with Crippen molar-refractivity contribution in [2.75, 3.05) is 0 Å². The van der Waals surface area contributed by atoms with Gasteiger partial charge in [0.05, 0.1) is 6.42 Å². The molecule has 0 saturated heterocycles. The van der Waals surface area contributed by atoms with Crippen LogP contribution in [0.15, 0.2) is 28.8 Å². The van der Waals surface area contributed by atoms with Crippen LogP contribution in [0.4, 0.5) is 0 Å². The average molecular weight is 266 g/mol. The fraction of sp³-hybridized carbons (Fsp3) is 0.250. The van der Waals surface area contributed by atoms with Gasteiger partial charge in [0, 0.05) is 18.5 Å². The van der Waals surface area contributed by atoms with Gasteiger partial charge in [-0.1, -0.05) is 35.0 Å². The molecule has 1 N–H and O–H groups in total. The molecule has 1 aromatic heterocycles. The summed E-state index contributed by atoms with van der Waals surface area (Å²) in [6.07, 6.45) is 0.0990. The van der Waals surface area contributed by atoms with E-state index in [9.17, 15) is 4.79 Å². The van der Waals surface area contributed by atoms with Gasteiger partial charge in [-0.15, -0.1) is 0 Å². The maximum atomic E-state index is 11.6. The number of carbonyl (C=O) groups is 1. The third kappa shape index (κ3) is 3.30. The molecule has 5 nitrogen and oxygen atoms in total. The number of hydrogen-bond acceptors (Lipinski definition) is 4. The zero-order valence-corrected chi connectivity index (χ0v) is 10.6. The number of nitrogens with one attached hydrogen (secondary N) is 1. The van der Waals surface area contributed by atoms with Gasteiger partial charge in [0.1, 0.15) is 0 Å². The molecule has 2 rings (SSSR count). The lowest BCUT2D eigenvalue weighted by molar-refractivity contribution is -0.120. The lowest BCUT2D eigenvalue weighted by Gasteiger charge is -2.05. The first-order valence-corrected chi connectivity index (χ1v) is 5.82. The van der Waals surface area contributed by atoms with Gasteiger partial charge < -0.3 is 9.84 Å². The largest absolute Gasteiger partial charge is 0.352 e. The first kappa shape index (κ1) is 12.6. The molecule has 18 heavy (non-hydrogen) atoms. The highest BCUT2D eigenvalue weighted by molar-refractivity contribution is 6.31. The molecular formula is C12H12ClN3O2. The first-order chi connectivity index (χ1) is 8.65. The van der Waals surface area contributed by atoms with E-state index in [4.69, 9.17) is 16.1 Å². The van der Waals surface area contributed by atoms with E-state index in [-0.39, 0.29) is 12.3 Å². The van der Waals surface area contributed by atoms with Crippen molar-refractivity contribution in [1.82, 2.24) is 15.5 Å². The van der Waals surface area contributed by atoms with Gasteiger partial charge in [-0.05, 0) is 11.6 Å². The number of rotatable bonds is 4. The molecule has 1 amide bonds. The fourth-order valence-electron chi connectivity index (χ4n) is 1.45. The molecule has 0 saturated carbocycles. The van der Waals surface area contributed by atoms with E-state index in [1.165, 1.54) is 0 Å². The molecule has 0 atom stereocenters. The Bertz CT molecular complexity index is 554. The van der Waals surface area contributed by atoms with E-state index in [2.05, 4.69) is 15.5 Å². The Balaban J connectivity index is 1.87. The molecule has 6 heteroatoms. The van der Waals surface area contributed by atoms with Crippen LogP contribution in [0.25, 0.3) is 0 Å². The van der Waals surface area contributed by atoms with Gasteiger partial charge in [0.15, 0.2) is 5.82 Å². The molecule has 1 heterocycles. The summed E-state index contributed by atoms with van der Waals surface area (Å²) in [5.74, 6) is 0.656. The predicted molar refractivity (Wildman–Crippen MR) is 66.0 cm³/mol. The minimum atomic E-state index is -0.171. The van der Waals surface area contributed by atoms with Gasteiger partial charge in [-0.3, -0.25) is 4.79 Å². The van der Waals surface area contributed by atoms with Gasteiger partial charge in [0.25, 0.3) is 0 Å². The molecule has 0 aliphatic carbocycles. The molecule has 0 radical (unpaired) electrons. The Morgan fingerprint density at radius 2 is 2.22 bits per heavy atom. The lowest BCUT2D eigenvalue weighted by atomic mass is 10.2. The van der Waals surface area contributed by atoms with E-state index >= 15 is 0 Å². The minimum Gasteiger partial charge on any atom is -0.352 e. The van der Waals surface area contributed by atoms with Crippen LogP contribution in [0.3, 0.4) is 0 Å². The van der Waals surface area contributed by atoms with Gasteiger partial charge in [-0.25, -0.2) is 0 Å². The Morgan fingerprint density at radius 3 is 2.89 bits per heavy atom. The van der Waals surface area contributed by atoms with Crippen molar-refractivity contribution < 1.29 is 9.32 Å². The van der Waals surface area contributed by atoms with Crippen LogP contribution in [-0.2, 0) is 17.8 Å². The molecule has 0 bridgehead atoms. The lowest BCUT2D eigenvalue weighted by Crippen LogP contribution is -2.25. The van der Waals surface area contributed by atoms with Gasteiger partial charge in [0.2, 0.25) is 11.8 Å². The van der Waals surface area contributed by atoms with Gasteiger partial charge in [-0.2, -0.15) is 4.98 Å². The third-order valence-electron chi connectivity index (χ3n) is 2.32. The Hall–Kier alpha value is -1.88. The third-order valence-corrected chi connectivity index (χ3v) is 2.69. The summed E-state index contributed by atoms with van der Waals surface area (Å²) in [5.41, 5.74) is 0.872. The van der Waals surface area contributed by atoms with Crippen LogP contribution in [0.5, 0.6) is 0 Å². The molecule has 0 spiro atoms. The van der Waals surface area contributed by atoms with Crippen LogP contribution in [0.1, 0.15) is 17.3 Å². The number of hydrogen-bond donors (Lipinski definition) is 1. The van der Waals surface area contributed by atoms with E-state index in [1.807, 2.05) is 18.2 Å². The van der Waals surface area contributed by atoms with Crippen molar-refractivity contribution in [2.45, 2.75) is 19.9 Å². The summed E-state index contributed by atoms with van der Waals surface area (Å²) >= 11 is 5.98. The zero-order chi connectivity index (χ0) is 13.0. The number of benzene rings is 1. The summed E-state index contributed by atoms with van der Waals surface area (Å²) in [6, 6.07) is 7.36. The van der Waals surface area contributed by atoms with E-state index in [0.29, 0.717) is 23.3 Å². The normalized spacial score (nSPS) is 10.3. The summed E-state index contributed by atoms with van der Waals surface area (Å²) in [7, 11) is 0. The maximum Gasteiger partial charge on any atom is 0.228 e. The number of aromatic nitrogens is 2. The van der Waals surface area contributed by atoms with Gasteiger partial charge >= 0.3 is 0 Å². The SMILES string of the molecule is Cc1nc(CC(=O)NCc2ccccc2Cl)no1. The van der Waals surface area contributed by atoms with Crippen molar-refractivity contribution in [2.24, 2.45) is 0 Å². The second-order valence-electron chi connectivity index (χ2n) is 3.77. The number of aryl methyl sites for hydroxylation is 1. The molecule has 0 aliphatic heterocycles. The average Bonchev–Trinajstić information content (AvgIpc) is 2.74. The molecular weight excluding hydrogens is 254 g/mol.